The van der Waals surface area contributed by atoms with Crippen LogP contribution in [-0.4, -0.2) is 45.4 Å². The molecule has 2 N–H and O–H groups in total. The van der Waals surface area contributed by atoms with Crippen molar-refractivity contribution in [1.29, 1.82) is 0 Å². The smallest absolute Gasteiger partial charge is 0.231 e. The van der Waals surface area contributed by atoms with Gasteiger partial charge in [0.25, 0.3) is 0 Å². The van der Waals surface area contributed by atoms with Crippen molar-refractivity contribution in [2.24, 2.45) is 0 Å². The summed E-state index contributed by atoms with van der Waals surface area (Å²) in [6, 6.07) is 3.42. The highest BCUT2D eigenvalue weighted by Crippen LogP contribution is 2.37. The van der Waals surface area contributed by atoms with Gasteiger partial charge in [0.05, 0.1) is 13.2 Å². The van der Waals surface area contributed by atoms with Crippen molar-refractivity contribution in [3.63, 3.8) is 0 Å². The van der Waals surface area contributed by atoms with Crippen molar-refractivity contribution >= 4 is 0 Å². The molecule has 2 rings (SSSR count). The topological polar surface area (TPSA) is 69.2 Å². The van der Waals surface area contributed by atoms with Crippen LogP contribution >= 0.6 is 0 Å². The number of benzene rings is 1. The van der Waals surface area contributed by atoms with Gasteiger partial charge in [-0.25, -0.2) is 0 Å². The van der Waals surface area contributed by atoms with Crippen LogP contribution in [0, 0.1) is 0 Å². The van der Waals surface area contributed by atoms with E-state index >= 15 is 0 Å². The van der Waals surface area contributed by atoms with Gasteiger partial charge in [0, 0.05) is 31.9 Å². The van der Waals surface area contributed by atoms with Crippen molar-refractivity contribution in [3.05, 3.63) is 17.7 Å². The summed E-state index contributed by atoms with van der Waals surface area (Å²) in [7, 11) is 1.67. The Labute approximate surface area is 125 Å². The Morgan fingerprint density at radius 2 is 1.95 bits per heavy atom. The summed E-state index contributed by atoms with van der Waals surface area (Å²) in [4.78, 5) is 0. The van der Waals surface area contributed by atoms with Crippen LogP contribution in [0.25, 0.3) is 0 Å². The van der Waals surface area contributed by atoms with Crippen molar-refractivity contribution < 1.29 is 24.1 Å². The number of phenolic OH excluding ortho intramolecular Hbond substituents is 1. The second kappa shape index (κ2) is 8.71. The number of unbranched alkanes of at least 4 members (excludes halogenated alkanes) is 1. The minimum atomic E-state index is 0.217. The molecule has 0 saturated heterocycles. The molecular formula is C15H23NO5. The lowest BCUT2D eigenvalue weighted by molar-refractivity contribution is 0.0688. The summed E-state index contributed by atoms with van der Waals surface area (Å²) < 4.78 is 20.8. The Morgan fingerprint density at radius 1 is 1.14 bits per heavy atom. The molecule has 0 spiro atoms. The van der Waals surface area contributed by atoms with Gasteiger partial charge < -0.3 is 29.4 Å². The Hall–Kier alpha value is -1.50. The first-order chi connectivity index (χ1) is 10.3. The normalized spacial score (nSPS) is 12.8. The summed E-state index contributed by atoms with van der Waals surface area (Å²) in [5, 5.41) is 13.2. The minimum Gasteiger partial charge on any atom is -0.507 e. The van der Waals surface area contributed by atoms with E-state index in [0.717, 1.165) is 31.6 Å². The van der Waals surface area contributed by atoms with E-state index in [4.69, 9.17) is 18.9 Å². The van der Waals surface area contributed by atoms with E-state index < -0.39 is 0 Å². The number of hydrogen-bond donors (Lipinski definition) is 2. The zero-order valence-electron chi connectivity index (χ0n) is 12.4. The van der Waals surface area contributed by atoms with Gasteiger partial charge in [-0.15, -0.1) is 0 Å². The molecule has 21 heavy (non-hydrogen) atoms. The fourth-order valence-corrected chi connectivity index (χ4v) is 2.04. The molecule has 0 fully saturated rings. The summed E-state index contributed by atoms with van der Waals surface area (Å²) in [5.74, 6) is 1.52. The number of rotatable bonds is 10. The maximum absolute atomic E-state index is 9.89. The first kappa shape index (κ1) is 15.9. The zero-order chi connectivity index (χ0) is 14.9. The number of hydrogen-bond acceptors (Lipinski definition) is 6. The molecule has 118 valence electrons. The maximum Gasteiger partial charge on any atom is 0.231 e. The summed E-state index contributed by atoms with van der Waals surface area (Å²) >= 11 is 0. The molecule has 0 unspecified atom stereocenters. The van der Waals surface area contributed by atoms with Gasteiger partial charge in [0.2, 0.25) is 6.79 Å². The van der Waals surface area contributed by atoms with Crippen LogP contribution in [-0.2, 0) is 16.0 Å². The standard InChI is InChI=1S/C15H23NO5/c1-18-6-7-19-5-3-2-4-16-10-12-8-14-15(9-13(12)17)21-11-20-14/h8-9,16-17H,2-7,10-11H2,1H3. The van der Waals surface area contributed by atoms with Crippen molar-refractivity contribution in [2.75, 3.05) is 40.3 Å². The summed E-state index contributed by atoms with van der Waals surface area (Å²) in [6.45, 7) is 3.74. The predicted molar refractivity (Wildman–Crippen MR) is 77.9 cm³/mol. The molecule has 0 saturated carbocycles. The predicted octanol–water partition coefficient (Wildman–Crippen LogP) is 1.65. The number of aromatic hydroxyl groups is 1. The number of nitrogens with one attached hydrogen (secondary N) is 1. The molecule has 1 aromatic carbocycles. The maximum atomic E-state index is 9.89. The van der Waals surface area contributed by atoms with Crippen LogP contribution in [0.2, 0.25) is 0 Å². The molecular weight excluding hydrogens is 274 g/mol. The molecule has 6 nitrogen and oxygen atoms in total. The Bertz CT molecular complexity index is 438. The third-order valence-corrected chi connectivity index (χ3v) is 3.21. The largest absolute Gasteiger partial charge is 0.507 e. The van der Waals surface area contributed by atoms with Crippen LogP contribution in [0.15, 0.2) is 12.1 Å². The lowest BCUT2D eigenvalue weighted by Crippen LogP contribution is -2.15. The summed E-state index contributed by atoms with van der Waals surface area (Å²) in [6.07, 6.45) is 2.03. The molecule has 1 heterocycles. The van der Waals surface area contributed by atoms with E-state index in [0.29, 0.717) is 31.3 Å². The van der Waals surface area contributed by atoms with Crippen molar-refractivity contribution in [2.45, 2.75) is 19.4 Å². The lowest BCUT2D eigenvalue weighted by atomic mass is 10.1. The Kier molecular flexibility index (Phi) is 6.59. The fraction of sp³-hybridized carbons (Fsp3) is 0.600. The van der Waals surface area contributed by atoms with E-state index in [1.165, 1.54) is 0 Å². The van der Waals surface area contributed by atoms with Crippen LogP contribution in [0.5, 0.6) is 17.2 Å². The molecule has 0 atom stereocenters. The highest BCUT2D eigenvalue weighted by atomic mass is 16.7. The second-order valence-corrected chi connectivity index (χ2v) is 4.82. The third-order valence-electron chi connectivity index (χ3n) is 3.21. The van der Waals surface area contributed by atoms with Crippen LogP contribution in [0.3, 0.4) is 0 Å². The number of methoxy groups -OCH3 is 1. The van der Waals surface area contributed by atoms with Gasteiger partial charge in [-0.2, -0.15) is 0 Å². The summed E-state index contributed by atoms with van der Waals surface area (Å²) in [5.41, 5.74) is 0.815. The molecule has 1 aliphatic rings. The van der Waals surface area contributed by atoms with Gasteiger partial charge in [-0.1, -0.05) is 0 Å². The van der Waals surface area contributed by atoms with E-state index in [9.17, 15) is 5.11 Å². The lowest BCUT2D eigenvalue weighted by Gasteiger charge is -2.08. The van der Waals surface area contributed by atoms with E-state index in [1.807, 2.05) is 6.07 Å². The number of fused-ring (bicyclic) bond motifs is 1. The first-order valence-corrected chi connectivity index (χ1v) is 7.20. The number of ether oxygens (including phenoxy) is 4. The van der Waals surface area contributed by atoms with Crippen LogP contribution < -0.4 is 14.8 Å². The highest BCUT2D eigenvalue weighted by Gasteiger charge is 2.16. The highest BCUT2D eigenvalue weighted by molar-refractivity contribution is 5.51. The quantitative estimate of drug-likeness (QED) is 0.640. The molecule has 6 heteroatoms. The Morgan fingerprint density at radius 3 is 2.76 bits per heavy atom. The minimum absolute atomic E-state index is 0.217. The monoisotopic (exact) mass is 297 g/mol. The molecule has 1 aromatic rings. The van der Waals surface area contributed by atoms with Crippen LogP contribution in [0.1, 0.15) is 18.4 Å². The van der Waals surface area contributed by atoms with Gasteiger partial charge >= 0.3 is 0 Å². The van der Waals surface area contributed by atoms with E-state index in [2.05, 4.69) is 5.32 Å². The molecule has 0 bridgehead atoms. The SMILES string of the molecule is COCCOCCCCNCc1cc2c(cc1O)OCO2. The van der Waals surface area contributed by atoms with Crippen LogP contribution in [0.4, 0.5) is 0 Å². The molecule has 0 aromatic heterocycles. The van der Waals surface area contributed by atoms with Crippen molar-refractivity contribution in [1.82, 2.24) is 5.32 Å². The van der Waals surface area contributed by atoms with Gasteiger partial charge in [-0.3, -0.25) is 0 Å². The van der Waals surface area contributed by atoms with E-state index in [-0.39, 0.29) is 12.5 Å². The second-order valence-electron chi connectivity index (χ2n) is 4.82. The molecule has 0 radical (unpaired) electrons. The zero-order valence-corrected chi connectivity index (χ0v) is 12.4. The average molecular weight is 297 g/mol. The molecule has 0 aliphatic carbocycles. The first-order valence-electron chi connectivity index (χ1n) is 7.20. The van der Waals surface area contributed by atoms with Gasteiger partial charge in [-0.05, 0) is 25.5 Å². The van der Waals surface area contributed by atoms with Gasteiger partial charge in [0.1, 0.15) is 5.75 Å². The van der Waals surface area contributed by atoms with E-state index in [1.54, 1.807) is 13.2 Å². The number of phenols is 1. The van der Waals surface area contributed by atoms with Gasteiger partial charge in [0.15, 0.2) is 11.5 Å². The fourth-order valence-electron chi connectivity index (χ4n) is 2.04. The van der Waals surface area contributed by atoms with Crippen molar-refractivity contribution in [3.8, 4) is 17.2 Å². The molecule has 0 amide bonds. The Balaban J connectivity index is 1.59. The molecule has 1 aliphatic heterocycles. The average Bonchev–Trinajstić information content (AvgIpc) is 2.92. The third kappa shape index (κ3) is 5.08.